The third-order valence-electron chi connectivity index (χ3n) is 3.55. The van der Waals surface area contributed by atoms with Crippen LogP contribution in [0.15, 0.2) is 30.3 Å². The maximum absolute atomic E-state index is 12.8. The van der Waals surface area contributed by atoms with Crippen molar-refractivity contribution in [2.75, 3.05) is 24.5 Å². The number of amides is 1. The first-order valence-electron chi connectivity index (χ1n) is 7.63. The first kappa shape index (κ1) is 17.7. The van der Waals surface area contributed by atoms with Gasteiger partial charge in [0.15, 0.2) is 0 Å². The van der Waals surface area contributed by atoms with Gasteiger partial charge < -0.3 is 10.0 Å². The van der Waals surface area contributed by atoms with E-state index in [0.29, 0.717) is 13.1 Å². The van der Waals surface area contributed by atoms with Gasteiger partial charge in [-0.15, -0.1) is 0 Å². The van der Waals surface area contributed by atoms with Crippen molar-refractivity contribution in [1.82, 2.24) is 4.90 Å². The number of nitrogens with zero attached hydrogens (tertiary/aromatic N) is 2. The van der Waals surface area contributed by atoms with Crippen LogP contribution in [0.1, 0.15) is 34.6 Å². The van der Waals surface area contributed by atoms with Crippen molar-refractivity contribution < 1.29 is 9.90 Å². The zero-order valence-corrected chi connectivity index (χ0v) is 13.8. The number of para-hydroxylation sites is 1. The smallest absolute Gasteiger partial charge is 0.244 e. The Morgan fingerprint density at radius 1 is 1.19 bits per heavy atom. The maximum Gasteiger partial charge on any atom is 0.244 e. The molecule has 4 nitrogen and oxygen atoms in total. The highest BCUT2D eigenvalue weighted by Crippen LogP contribution is 2.17. The lowest BCUT2D eigenvalue weighted by molar-refractivity contribution is -0.124. The van der Waals surface area contributed by atoms with Crippen molar-refractivity contribution in [2.45, 2.75) is 46.3 Å². The van der Waals surface area contributed by atoms with E-state index in [-0.39, 0.29) is 11.9 Å². The molecule has 1 aromatic rings. The third-order valence-corrected chi connectivity index (χ3v) is 3.55. The summed E-state index contributed by atoms with van der Waals surface area (Å²) in [4.78, 5) is 16.6. The van der Waals surface area contributed by atoms with E-state index in [2.05, 4.69) is 0 Å². The molecule has 1 rings (SSSR count). The Balaban J connectivity index is 2.88. The zero-order chi connectivity index (χ0) is 16.0. The summed E-state index contributed by atoms with van der Waals surface area (Å²) in [5.74, 6) is 0.0646. The quantitative estimate of drug-likeness (QED) is 0.840. The van der Waals surface area contributed by atoms with E-state index in [4.69, 9.17) is 0 Å². The first-order chi connectivity index (χ1) is 9.80. The van der Waals surface area contributed by atoms with E-state index < -0.39 is 5.60 Å². The fourth-order valence-electron chi connectivity index (χ4n) is 2.47. The number of benzene rings is 1. The van der Waals surface area contributed by atoms with Crippen LogP contribution in [0.25, 0.3) is 0 Å². The fourth-order valence-corrected chi connectivity index (χ4v) is 2.47. The summed E-state index contributed by atoms with van der Waals surface area (Å²) in [6.07, 6.45) is 0. The Kier molecular flexibility index (Phi) is 6.37. The molecular weight excluding hydrogens is 264 g/mol. The zero-order valence-electron chi connectivity index (χ0n) is 13.8. The van der Waals surface area contributed by atoms with E-state index in [0.717, 1.165) is 12.2 Å². The van der Waals surface area contributed by atoms with Crippen molar-refractivity contribution in [2.24, 2.45) is 0 Å². The second-order valence-electron chi connectivity index (χ2n) is 5.97. The first-order valence-corrected chi connectivity index (χ1v) is 7.63. The normalized spacial score (nSPS) is 13.3. The van der Waals surface area contributed by atoms with Crippen LogP contribution in [0.5, 0.6) is 0 Å². The van der Waals surface area contributed by atoms with Crippen molar-refractivity contribution >= 4 is 11.6 Å². The van der Waals surface area contributed by atoms with Crippen LogP contribution in [0.4, 0.5) is 5.69 Å². The minimum Gasteiger partial charge on any atom is -0.389 e. The lowest BCUT2D eigenvalue weighted by Crippen LogP contribution is -2.51. The fraction of sp³-hybridized carbons (Fsp3) is 0.588. The van der Waals surface area contributed by atoms with Crippen molar-refractivity contribution in [3.63, 3.8) is 0 Å². The summed E-state index contributed by atoms with van der Waals surface area (Å²) in [6.45, 7) is 11.3. The van der Waals surface area contributed by atoms with Crippen LogP contribution < -0.4 is 4.90 Å². The van der Waals surface area contributed by atoms with Crippen LogP contribution in [0.3, 0.4) is 0 Å². The van der Waals surface area contributed by atoms with Gasteiger partial charge in [-0.1, -0.05) is 25.1 Å². The van der Waals surface area contributed by atoms with Gasteiger partial charge in [0.2, 0.25) is 5.91 Å². The second kappa shape index (κ2) is 7.57. The van der Waals surface area contributed by atoms with Gasteiger partial charge in [-0.3, -0.25) is 9.69 Å². The Hall–Kier alpha value is -1.39. The minimum absolute atomic E-state index is 0.0646. The maximum atomic E-state index is 12.8. The number of hydrogen-bond donors (Lipinski definition) is 1. The average molecular weight is 292 g/mol. The van der Waals surface area contributed by atoms with E-state index in [1.807, 2.05) is 56.0 Å². The molecule has 1 N–H and O–H groups in total. The Morgan fingerprint density at radius 3 is 2.19 bits per heavy atom. The molecule has 0 heterocycles. The van der Waals surface area contributed by atoms with Gasteiger partial charge in [-0.2, -0.15) is 0 Å². The van der Waals surface area contributed by atoms with Gasteiger partial charge in [0, 0.05) is 18.8 Å². The van der Waals surface area contributed by atoms with Gasteiger partial charge in [-0.05, 0) is 46.4 Å². The summed E-state index contributed by atoms with van der Waals surface area (Å²) in [5.41, 5.74) is 0.102. The predicted molar refractivity (Wildman–Crippen MR) is 87.5 cm³/mol. The molecule has 118 valence electrons. The number of anilines is 1. The van der Waals surface area contributed by atoms with Crippen LogP contribution in [-0.4, -0.2) is 47.2 Å². The minimum atomic E-state index is -0.811. The molecule has 0 aromatic heterocycles. The standard InChI is InChI=1S/C17H28N2O2/c1-6-18(13-17(4,5)21)14(3)16(20)19(7-2)15-11-9-8-10-12-15/h8-12,14,21H,6-7,13H2,1-5H3. The molecular formula is C17H28N2O2. The lowest BCUT2D eigenvalue weighted by Gasteiger charge is -2.34. The van der Waals surface area contributed by atoms with Crippen LogP contribution in [0, 0.1) is 0 Å². The Labute approximate surface area is 128 Å². The molecule has 1 aromatic carbocycles. The number of carbonyl (C=O) groups is 1. The highest BCUT2D eigenvalue weighted by Gasteiger charge is 2.28. The molecule has 1 atom stereocenters. The van der Waals surface area contributed by atoms with Crippen LogP contribution >= 0.6 is 0 Å². The number of rotatable bonds is 7. The average Bonchev–Trinajstić information content (AvgIpc) is 2.45. The summed E-state index contributed by atoms with van der Waals surface area (Å²) in [7, 11) is 0. The molecule has 1 amide bonds. The topological polar surface area (TPSA) is 43.8 Å². The van der Waals surface area contributed by atoms with Gasteiger partial charge in [0.1, 0.15) is 0 Å². The SMILES string of the molecule is CCN(C(=O)C(C)N(CC)CC(C)(C)O)c1ccccc1. The number of likely N-dealkylation sites (N-methyl/N-ethyl adjacent to an activating group) is 2. The van der Waals surface area contributed by atoms with Gasteiger partial charge >= 0.3 is 0 Å². The summed E-state index contributed by atoms with van der Waals surface area (Å²) < 4.78 is 0. The molecule has 0 bridgehead atoms. The Morgan fingerprint density at radius 2 is 1.76 bits per heavy atom. The molecule has 0 aliphatic carbocycles. The molecule has 0 aliphatic rings. The molecule has 1 unspecified atom stereocenters. The van der Waals surface area contributed by atoms with E-state index in [9.17, 15) is 9.90 Å². The molecule has 0 radical (unpaired) electrons. The number of hydrogen-bond acceptors (Lipinski definition) is 3. The summed E-state index contributed by atoms with van der Waals surface area (Å²) in [6, 6.07) is 9.44. The van der Waals surface area contributed by atoms with E-state index in [1.165, 1.54) is 0 Å². The van der Waals surface area contributed by atoms with E-state index in [1.54, 1.807) is 18.7 Å². The van der Waals surface area contributed by atoms with E-state index >= 15 is 0 Å². The molecule has 0 saturated carbocycles. The largest absolute Gasteiger partial charge is 0.389 e. The molecule has 0 saturated heterocycles. The second-order valence-corrected chi connectivity index (χ2v) is 5.97. The summed E-state index contributed by atoms with van der Waals surface area (Å²) in [5, 5.41) is 10.00. The Bertz CT molecular complexity index is 440. The van der Waals surface area contributed by atoms with Crippen molar-refractivity contribution in [3.05, 3.63) is 30.3 Å². The van der Waals surface area contributed by atoms with Gasteiger partial charge in [0.05, 0.1) is 11.6 Å². The molecule has 0 spiro atoms. The lowest BCUT2D eigenvalue weighted by atomic mass is 10.1. The predicted octanol–water partition coefficient (Wildman–Crippen LogP) is 2.52. The molecule has 0 fully saturated rings. The van der Waals surface area contributed by atoms with Crippen LogP contribution in [-0.2, 0) is 4.79 Å². The van der Waals surface area contributed by atoms with Crippen LogP contribution in [0.2, 0.25) is 0 Å². The highest BCUT2D eigenvalue weighted by atomic mass is 16.3. The molecule has 0 aliphatic heterocycles. The highest BCUT2D eigenvalue weighted by molar-refractivity contribution is 5.96. The molecule has 4 heteroatoms. The number of aliphatic hydroxyl groups is 1. The third kappa shape index (κ3) is 5.14. The van der Waals surface area contributed by atoms with Gasteiger partial charge in [-0.25, -0.2) is 0 Å². The summed E-state index contributed by atoms with van der Waals surface area (Å²) >= 11 is 0. The monoisotopic (exact) mass is 292 g/mol. The molecule has 21 heavy (non-hydrogen) atoms. The van der Waals surface area contributed by atoms with Gasteiger partial charge in [0.25, 0.3) is 0 Å². The van der Waals surface area contributed by atoms with Crippen molar-refractivity contribution in [3.8, 4) is 0 Å². The number of carbonyl (C=O) groups excluding carboxylic acids is 1. The van der Waals surface area contributed by atoms with Crippen molar-refractivity contribution in [1.29, 1.82) is 0 Å².